The molecule has 2 unspecified atom stereocenters. The van der Waals surface area contributed by atoms with E-state index in [-0.39, 0.29) is 18.0 Å². The SMILES string of the molecule is COc1cccc(C2ON=C(N(c3ccccc3)c3ccccc3)C2CNc2ccccc2[N+](=O)[O-])c1O. The van der Waals surface area contributed by atoms with Crippen LogP contribution in [-0.2, 0) is 4.84 Å². The standard InChI is InChI=1S/C29H26N4O5/c1-37-26-18-10-15-22(27(26)34)28-23(19-30-24-16-8-9-17-25(24)33(35)36)29(31-38-28)32(20-11-4-2-5-12-20)21-13-6-3-7-14-21/h2-18,23,28,30,34H,19H2,1H3. The van der Waals surface area contributed by atoms with Crippen LogP contribution in [0.4, 0.5) is 22.7 Å². The molecule has 0 spiro atoms. The highest BCUT2D eigenvalue weighted by atomic mass is 16.6. The molecule has 0 bridgehead atoms. The van der Waals surface area contributed by atoms with Crippen LogP contribution in [0.3, 0.4) is 0 Å². The van der Waals surface area contributed by atoms with E-state index in [1.54, 1.807) is 36.4 Å². The number of benzene rings is 4. The molecule has 1 aliphatic rings. The average molecular weight is 511 g/mol. The zero-order chi connectivity index (χ0) is 26.5. The number of hydrogen-bond donors (Lipinski definition) is 2. The molecule has 0 radical (unpaired) electrons. The van der Waals surface area contributed by atoms with E-state index in [2.05, 4.69) is 10.5 Å². The van der Waals surface area contributed by atoms with Crippen LogP contribution in [0.1, 0.15) is 11.7 Å². The number of phenols is 1. The van der Waals surface area contributed by atoms with Crippen molar-refractivity contribution in [1.82, 2.24) is 0 Å². The van der Waals surface area contributed by atoms with Gasteiger partial charge in [-0.3, -0.25) is 15.0 Å². The minimum atomic E-state index is -0.690. The van der Waals surface area contributed by atoms with Crippen molar-refractivity contribution in [2.75, 3.05) is 23.9 Å². The summed E-state index contributed by atoms with van der Waals surface area (Å²) in [5.41, 5.74) is 2.58. The molecule has 9 nitrogen and oxygen atoms in total. The van der Waals surface area contributed by atoms with Crippen LogP contribution >= 0.6 is 0 Å². The van der Waals surface area contributed by atoms with Gasteiger partial charge < -0.3 is 20.0 Å². The fourth-order valence-corrected chi connectivity index (χ4v) is 4.57. The maximum Gasteiger partial charge on any atom is 0.292 e. The first kappa shape index (κ1) is 24.6. The number of para-hydroxylation sites is 5. The third kappa shape index (κ3) is 4.81. The number of hydrogen-bond acceptors (Lipinski definition) is 8. The minimum absolute atomic E-state index is 0.0337. The lowest BCUT2D eigenvalue weighted by Crippen LogP contribution is -2.36. The summed E-state index contributed by atoms with van der Waals surface area (Å²) in [5, 5.41) is 30.3. The smallest absolute Gasteiger partial charge is 0.292 e. The van der Waals surface area contributed by atoms with Gasteiger partial charge in [0.25, 0.3) is 5.69 Å². The molecule has 0 amide bonds. The highest BCUT2D eigenvalue weighted by molar-refractivity contribution is 6.06. The molecule has 38 heavy (non-hydrogen) atoms. The van der Waals surface area contributed by atoms with Gasteiger partial charge >= 0.3 is 0 Å². The molecule has 192 valence electrons. The molecule has 2 atom stereocenters. The summed E-state index contributed by atoms with van der Waals surface area (Å²) in [6, 6.07) is 31.2. The molecule has 5 rings (SSSR count). The number of oxime groups is 1. The molecule has 0 aromatic heterocycles. The lowest BCUT2D eigenvalue weighted by molar-refractivity contribution is -0.384. The summed E-state index contributed by atoms with van der Waals surface area (Å²) in [5.74, 6) is 0.403. The van der Waals surface area contributed by atoms with Gasteiger partial charge in [0, 0.05) is 29.5 Å². The van der Waals surface area contributed by atoms with Gasteiger partial charge in [0.2, 0.25) is 0 Å². The van der Waals surface area contributed by atoms with E-state index in [4.69, 9.17) is 9.57 Å². The maximum absolute atomic E-state index is 11.6. The number of anilines is 3. The van der Waals surface area contributed by atoms with Crippen molar-refractivity contribution in [1.29, 1.82) is 0 Å². The number of aromatic hydroxyl groups is 1. The molecule has 0 saturated carbocycles. The van der Waals surface area contributed by atoms with Crippen molar-refractivity contribution in [3.05, 3.63) is 119 Å². The van der Waals surface area contributed by atoms with E-state index >= 15 is 0 Å². The van der Waals surface area contributed by atoms with Crippen LogP contribution in [0.25, 0.3) is 0 Å². The maximum atomic E-state index is 11.6. The Bertz CT molecular complexity index is 1410. The zero-order valence-corrected chi connectivity index (χ0v) is 20.6. The largest absolute Gasteiger partial charge is 0.504 e. The van der Waals surface area contributed by atoms with Gasteiger partial charge in [0.15, 0.2) is 23.4 Å². The first-order chi connectivity index (χ1) is 18.6. The number of nitro benzene ring substituents is 1. The predicted octanol–water partition coefficient (Wildman–Crippen LogP) is 6.26. The fourth-order valence-electron chi connectivity index (χ4n) is 4.57. The topological polar surface area (TPSA) is 109 Å². The molecular formula is C29H26N4O5. The summed E-state index contributed by atoms with van der Waals surface area (Å²) < 4.78 is 5.32. The first-order valence-corrected chi connectivity index (χ1v) is 12.1. The number of methoxy groups -OCH3 is 1. The van der Waals surface area contributed by atoms with Gasteiger partial charge in [-0.2, -0.15) is 0 Å². The van der Waals surface area contributed by atoms with Crippen LogP contribution in [0.15, 0.2) is 108 Å². The Hall–Kier alpha value is -5.05. The molecule has 0 fully saturated rings. The predicted molar refractivity (Wildman–Crippen MR) is 146 cm³/mol. The van der Waals surface area contributed by atoms with E-state index < -0.39 is 16.9 Å². The number of nitrogens with zero attached hydrogens (tertiary/aromatic N) is 3. The third-order valence-electron chi connectivity index (χ3n) is 6.38. The van der Waals surface area contributed by atoms with E-state index in [9.17, 15) is 15.2 Å². The van der Waals surface area contributed by atoms with E-state index in [1.165, 1.54) is 13.2 Å². The zero-order valence-electron chi connectivity index (χ0n) is 20.6. The number of nitrogens with one attached hydrogen (secondary N) is 1. The number of phenolic OH excluding ortho intramolecular Hbond substituents is 1. The van der Waals surface area contributed by atoms with Crippen molar-refractivity contribution in [3.8, 4) is 11.5 Å². The molecule has 2 N–H and O–H groups in total. The van der Waals surface area contributed by atoms with Crippen molar-refractivity contribution in [2.45, 2.75) is 6.10 Å². The van der Waals surface area contributed by atoms with Gasteiger partial charge in [-0.25, -0.2) is 0 Å². The second-order valence-corrected chi connectivity index (χ2v) is 8.64. The van der Waals surface area contributed by atoms with Gasteiger partial charge in [-0.05, 0) is 36.4 Å². The summed E-state index contributed by atoms with van der Waals surface area (Å²) in [7, 11) is 1.48. The van der Waals surface area contributed by atoms with Crippen LogP contribution in [0, 0.1) is 16.0 Å². The Morgan fingerprint density at radius 2 is 1.58 bits per heavy atom. The van der Waals surface area contributed by atoms with Crippen molar-refractivity contribution >= 4 is 28.6 Å². The Kier molecular flexibility index (Phi) is 7.08. The molecule has 0 aliphatic carbocycles. The number of amidine groups is 1. The van der Waals surface area contributed by atoms with E-state index in [0.29, 0.717) is 22.8 Å². The van der Waals surface area contributed by atoms with Crippen LogP contribution in [0.5, 0.6) is 11.5 Å². The molecule has 9 heteroatoms. The first-order valence-electron chi connectivity index (χ1n) is 12.1. The Morgan fingerprint density at radius 1 is 0.947 bits per heavy atom. The van der Waals surface area contributed by atoms with Gasteiger partial charge in [-0.15, -0.1) is 0 Å². The van der Waals surface area contributed by atoms with Crippen LogP contribution < -0.4 is 15.0 Å². The molecule has 1 aliphatic heterocycles. The average Bonchev–Trinajstić information content (AvgIpc) is 3.36. The third-order valence-corrected chi connectivity index (χ3v) is 6.38. The highest BCUT2D eigenvalue weighted by Crippen LogP contribution is 2.44. The monoisotopic (exact) mass is 510 g/mol. The summed E-state index contributed by atoms with van der Waals surface area (Å²) in [6.07, 6.45) is -0.690. The van der Waals surface area contributed by atoms with Gasteiger partial charge in [0.1, 0.15) is 5.69 Å². The number of rotatable bonds is 8. The summed E-state index contributed by atoms with van der Waals surface area (Å²) >= 11 is 0. The molecule has 0 saturated heterocycles. The van der Waals surface area contributed by atoms with E-state index in [0.717, 1.165) is 11.4 Å². The Morgan fingerprint density at radius 3 is 2.21 bits per heavy atom. The second-order valence-electron chi connectivity index (χ2n) is 8.64. The summed E-state index contributed by atoms with van der Waals surface area (Å²) in [4.78, 5) is 19.2. The number of nitro groups is 1. The van der Waals surface area contributed by atoms with Crippen molar-refractivity contribution in [3.63, 3.8) is 0 Å². The molecule has 1 heterocycles. The van der Waals surface area contributed by atoms with Crippen molar-refractivity contribution in [2.24, 2.45) is 11.1 Å². The molecule has 4 aromatic rings. The van der Waals surface area contributed by atoms with Gasteiger partial charge in [-0.1, -0.05) is 65.8 Å². The minimum Gasteiger partial charge on any atom is -0.504 e. The fraction of sp³-hybridized carbons (Fsp3) is 0.138. The van der Waals surface area contributed by atoms with E-state index in [1.807, 2.05) is 65.6 Å². The second kappa shape index (κ2) is 10.9. The summed E-state index contributed by atoms with van der Waals surface area (Å²) in [6.45, 7) is 0.237. The van der Waals surface area contributed by atoms with Crippen LogP contribution in [-0.4, -0.2) is 29.5 Å². The lowest BCUT2D eigenvalue weighted by atomic mass is 9.92. The quantitative estimate of drug-likeness (QED) is 0.213. The Labute approximate surface area is 219 Å². The lowest BCUT2D eigenvalue weighted by Gasteiger charge is -2.29. The number of ether oxygens (including phenoxy) is 1. The van der Waals surface area contributed by atoms with Gasteiger partial charge in [0.05, 0.1) is 18.0 Å². The molecule has 4 aromatic carbocycles. The Balaban J connectivity index is 1.58. The highest BCUT2D eigenvalue weighted by Gasteiger charge is 2.41. The normalized spacial score (nSPS) is 16.3. The molecular weight excluding hydrogens is 484 g/mol. The van der Waals surface area contributed by atoms with Crippen LogP contribution in [0.2, 0.25) is 0 Å². The van der Waals surface area contributed by atoms with Crippen molar-refractivity contribution < 1.29 is 19.6 Å².